The van der Waals surface area contributed by atoms with E-state index in [9.17, 15) is 0 Å². The van der Waals surface area contributed by atoms with Crippen molar-refractivity contribution in [1.29, 1.82) is 0 Å². The average molecular weight is 333 g/mol. The van der Waals surface area contributed by atoms with Gasteiger partial charge in [0.1, 0.15) is 0 Å². The Balaban J connectivity index is 1.60. The van der Waals surface area contributed by atoms with Gasteiger partial charge in [0.25, 0.3) is 5.89 Å². The molecule has 0 radical (unpaired) electrons. The van der Waals surface area contributed by atoms with Crippen molar-refractivity contribution >= 4 is 0 Å². The van der Waals surface area contributed by atoms with E-state index < -0.39 is 0 Å². The van der Waals surface area contributed by atoms with Crippen LogP contribution >= 0.6 is 0 Å². The van der Waals surface area contributed by atoms with Crippen LogP contribution in [0.1, 0.15) is 43.1 Å². The first-order valence-corrected chi connectivity index (χ1v) is 8.58. The predicted octanol–water partition coefficient (Wildman–Crippen LogP) is 2.68. The van der Waals surface area contributed by atoms with Crippen LogP contribution in [0.2, 0.25) is 0 Å². The van der Waals surface area contributed by atoms with Crippen LogP contribution in [0.25, 0.3) is 11.7 Å². The molecule has 130 valence electrons. The van der Waals surface area contributed by atoms with Gasteiger partial charge in [-0.15, -0.1) is 0 Å². The molecule has 1 saturated heterocycles. The molecule has 2 aromatic heterocycles. The minimum Gasteiger partial charge on any atom is -0.435 e. The lowest BCUT2D eigenvalue weighted by Crippen LogP contribution is -2.39. The number of oxazole rings is 1. The van der Waals surface area contributed by atoms with Crippen LogP contribution in [0.15, 0.2) is 8.94 Å². The molecule has 0 atom stereocenters. The molecule has 2 aliphatic rings. The van der Waals surface area contributed by atoms with Gasteiger partial charge in [-0.25, -0.2) is 4.98 Å². The topological polar surface area (TPSA) is 83.4 Å². The maximum atomic E-state index is 5.88. The monoisotopic (exact) mass is 333 g/mol. The smallest absolute Gasteiger partial charge is 0.295 e. The highest BCUT2D eigenvalue weighted by molar-refractivity contribution is 5.47. The first-order valence-electron chi connectivity index (χ1n) is 8.58. The Labute approximate surface area is 140 Å². The fourth-order valence-corrected chi connectivity index (χ4v) is 3.31. The molecule has 3 heterocycles. The van der Waals surface area contributed by atoms with Gasteiger partial charge in [0.15, 0.2) is 11.7 Å². The van der Waals surface area contributed by atoms with Gasteiger partial charge in [-0.2, -0.15) is 4.98 Å². The summed E-state index contributed by atoms with van der Waals surface area (Å²) in [5.41, 5.74) is 0.549. The first-order chi connectivity index (χ1) is 11.7. The Morgan fingerprint density at radius 2 is 2.00 bits per heavy atom. The normalized spacial score (nSPS) is 20.4. The molecule has 2 aromatic rings. The number of methoxy groups -OCH3 is 1. The van der Waals surface area contributed by atoms with Crippen molar-refractivity contribution < 1.29 is 18.4 Å². The zero-order chi connectivity index (χ0) is 16.6. The molecule has 1 aliphatic carbocycles. The van der Waals surface area contributed by atoms with Gasteiger partial charge >= 0.3 is 0 Å². The molecule has 0 aromatic carbocycles. The van der Waals surface area contributed by atoms with Gasteiger partial charge in [-0.3, -0.25) is 0 Å². The molecule has 4 rings (SSSR count). The van der Waals surface area contributed by atoms with E-state index in [2.05, 4.69) is 15.1 Å². The summed E-state index contributed by atoms with van der Waals surface area (Å²) in [6.07, 6.45) is 5.07. The summed E-state index contributed by atoms with van der Waals surface area (Å²) in [4.78, 5) is 9.12. The Hall–Kier alpha value is -1.73. The van der Waals surface area contributed by atoms with Crippen LogP contribution in [0, 0.1) is 12.8 Å². The summed E-state index contributed by atoms with van der Waals surface area (Å²) in [5, 5.41) is 4.22. The third kappa shape index (κ3) is 2.98. The molecule has 7 nitrogen and oxygen atoms in total. The van der Waals surface area contributed by atoms with Crippen molar-refractivity contribution in [3.05, 3.63) is 17.4 Å². The Kier molecular flexibility index (Phi) is 4.14. The second-order valence-electron chi connectivity index (χ2n) is 6.92. The predicted molar refractivity (Wildman–Crippen MR) is 84.6 cm³/mol. The molecular formula is C17H23N3O4. The highest BCUT2D eigenvalue weighted by Gasteiger charge is 2.39. The quantitative estimate of drug-likeness (QED) is 0.803. The van der Waals surface area contributed by atoms with E-state index in [1.54, 1.807) is 7.11 Å². The fraction of sp³-hybridized carbons (Fsp3) is 0.706. The van der Waals surface area contributed by atoms with E-state index in [0.717, 1.165) is 36.8 Å². The van der Waals surface area contributed by atoms with E-state index in [-0.39, 0.29) is 5.41 Å². The summed E-state index contributed by atoms with van der Waals surface area (Å²) < 4.78 is 22.3. The maximum absolute atomic E-state index is 5.88. The van der Waals surface area contributed by atoms with Crippen LogP contribution in [-0.2, 0) is 21.3 Å². The van der Waals surface area contributed by atoms with Crippen molar-refractivity contribution in [2.75, 3.05) is 26.9 Å². The van der Waals surface area contributed by atoms with Gasteiger partial charge in [-0.05, 0) is 38.5 Å². The largest absolute Gasteiger partial charge is 0.435 e. The van der Waals surface area contributed by atoms with Crippen LogP contribution in [0.4, 0.5) is 0 Å². The number of hydrogen-bond donors (Lipinski definition) is 0. The molecule has 0 bridgehead atoms. The molecule has 24 heavy (non-hydrogen) atoms. The summed E-state index contributed by atoms with van der Waals surface area (Å²) >= 11 is 0. The second-order valence-corrected chi connectivity index (χ2v) is 6.92. The van der Waals surface area contributed by atoms with Crippen molar-refractivity contribution in [2.45, 2.75) is 44.4 Å². The van der Waals surface area contributed by atoms with Crippen molar-refractivity contribution in [3.63, 3.8) is 0 Å². The zero-order valence-corrected chi connectivity index (χ0v) is 14.2. The third-order valence-corrected chi connectivity index (χ3v) is 4.97. The molecule has 7 heteroatoms. The van der Waals surface area contributed by atoms with E-state index in [4.69, 9.17) is 18.4 Å². The van der Waals surface area contributed by atoms with Gasteiger partial charge in [0.2, 0.25) is 5.76 Å². The Morgan fingerprint density at radius 1 is 1.21 bits per heavy atom. The Morgan fingerprint density at radius 3 is 2.71 bits per heavy atom. The average Bonchev–Trinajstić information content (AvgIpc) is 3.11. The van der Waals surface area contributed by atoms with Gasteiger partial charge in [-0.1, -0.05) is 5.16 Å². The summed E-state index contributed by atoms with van der Waals surface area (Å²) in [7, 11) is 1.70. The lowest BCUT2D eigenvalue weighted by molar-refractivity contribution is 0.00915. The molecule has 0 N–H and O–H groups in total. The standard InChI is InChI=1S/C17H23N3O4/c1-11-14(23-13(18-11)9-12-3-4-12)15-19-16(20-24-15)17(10-21-2)5-7-22-8-6-17/h12H,3-10H2,1-2H3. The lowest BCUT2D eigenvalue weighted by Gasteiger charge is -2.33. The van der Waals surface area contributed by atoms with Crippen LogP contribution < -0.4 is 0 Å². The summed E-state index contributed by atoms with van der Waals surface area (Å²) in [5.74, 6) is 3.15. The second kappa shape index (κ2) is 6.29. The number of ether oxygens (including phenoxy) is 2. The van der Waals surface area contributed by atoms with Crippen LogP contribution in [0.3, 0.4) is 0 Å². The highest BCUT2D eigenvalue weighted by atomic mass is 16.5. The van der Waals surface area contributed by atoms with Crippen LogP contribution in [-0.4, -0.2) is 42.1 Å². The van der Waals surface area contributed by atoms with E-state index >= 15 is 0 Å². The van der Waals surface area contributed by atoms with Crippen molar-refractivity contribution in [3.8, 4) is 11.7 Å². The van der Waals surface area contributed by atoms with Gasteiger partial charge < -0.3 is 18.4 Å². The number of hydrogen-bond acceptors (Lipinski definition) is 7. The van der Waals surface area contributed by atoms with Crippen molar-refractivity contribution in [2.24, 2.45) is 5.92 Å². The maximum Gasteiger partial charge on any atom is 0.295 e. The lowest BCUT2D eigenvalue weighted by atomic mass is 9.80. The minimum absolute atomic E-state index is 0.250. The van der Waals surface area contributed by atoms with Crippen LogP contribution in [0.5, 0.6) is 0 Å². The van der Waals surface area contributed by atoms with Gasteiger partial charge in [0.05, 0.1) is 17.7 Å². The third-order valence-electron chi connectivity index (χ3n) is 4.97. The molecule has 2 fully saturated rings. The number of rotatable bonds is 6. The van der Waals surface area contributed by atoms with E-state index in [1.807, 2.05) is 6.92 Å². The fourth-order valence-electron chi connectivity index (χ4n) is 3.31. The Bertz CT molecular complexity index is 693. The number of aromatic nitrogens is 3. The van der Waals surface area contributed by atoms with E-state index in [0.29, 0.717) is 37.3 Å². The SMILES string of the molecule is COCC1(c2noc(-c3oc(CC4CC4)nc3C)n2)CCOCC1. The molecule has 0 amide bonds. The number of nitrogens with zero attached hydrogens (tertiary/aromatic N) is 3. The molecule has 1 aliphatic heterocycles. The molecular weight excluding hydrogens is 310 g/mol. The summed E-state index contributed by atoms with van der Waals surface area (Å²) in [6, 6.07) is 0. The zero-order valence-electron chi connectivity index (χ0n) is 14.2. The molecule has 0 spiro atoms. The van der Waals surface area contributed by atoms with Gasteiger partial charge in [0, 0.05) is 26.7 Å². The summed E-state index contributed by atoms with van der Waals surface area (Å²) in [6.45, 7) is 3.83. The van der Waals surface area contributed by atoms with E-state index in [1.165, 1.54) is 12.8 Å². The van der Waals surface area contributed by atoms with Crippen molar-refractivity contribution in [1.82, 2.24) is 15.1 Å². The molecule has 0 unspecified atom stereocenters. The highest BCUT2D eigenvalue weighted by Crippen LogP contribution is 2.36. The minimum atomic E-state index is -0.250. The molecule has 1 saturated carbocycles. The number of aryl methyl sites for hydroxylation is 1. The first kappa shape index (κ1) is 15.8.